The van der Waals surface area contributed by atoms with E-state index in [4.69, 9.17) is 9.84 Å². The third-order valence-electron chi connectivity index (χ3n) is 2.45. The number of aromatic carboxylic acids is 1. The Hall–Kier alpha value is -2.04. The minimum Gasteiger partial charge on any atom is -0.478 e. The first-order chi connectivity index (χ1) is 7.61. The van der Waals surface area contributed by atoms with E-state index in [-0.39, 0.29) is 5.56 Å². The SMILES string of the molecule is COC(=O)C1Cc2cc(C(=O)O)ccc2O1. The first kappa shape index (κ1) is 10.5. The number of carbonyl (C=O) groups is 2. The van der Waals surface area contributed by atoms with Gasteiger partial charge in [-0.05, 0) is 23.8 Å². The van der Waals surface area contributed by atoms with Gasteiger partial charge in [-0.2, -0.15) is 0 Å². The van der Waals surface area contributed by atoms with E-state index in [1.54, 1.807) is 6.07 Å². The Morgan fingerprint density at radius 1 is 1.50 bits per heavy atom. The van der Waals surface area contributed by atoms with Crippen LogP contribution in [0, 0.1) is 0 Å². The fourth-order valence-corrected chi connectivity index (χ4v) is 1.64. The number of hydrogen-bond acceptors (Lipinski definition) is 4. The van der Waals surface area contributed by atoms with Gasteiger partial charge in [-0.15, -0.1) is 0 Å². The lowest BCUT2D eigenvalue weighted by Gasteiger charge is -2.06. The molecular weight excluding hydrogens is 212 g/mol. The molecule has 1 aromatic carbocycles. The summed E-state index contributed by atoms with van der Waals surface area (Å²) in [5.74, 6) is -0.905. The van der Waals surface area contributed by atoms with Crippen molar-refractivity contribution in [3.63, 3.8) is 0 Å². The van der Waals surface area contributed by atoms with Crippen LogP contribution in [0.1, 0.15) is 15.9 Å². The molecule has 0 saturated heterocycles. The number of rotatable bonds is 2. The van der Waals surface area contributed by atoms with E-state index in [1.807, 2.05) is 0 Å². The van der Waals surface area contributed by atoms with Gasteiger partial charge >= 0.3 is 11.9 Å². The zero-order valence-electron chi connectivity index (χ0n) is 8.60. The molecule has 2 rings (SSSR count). The number of carboxylic acids is 1. The predicted molar refractivity (Wildman–Crippen MR) is 53.5 cm³/mol. The monoisotopic (exact) mass is 222 g/mol. The van der Waals surface area contributed by atoms with Crippen molar-refractivity contribution in [1.29, 1.82) is 0 Å². The van der Waals surface area contributed by atoms with Crippen molar-refractivity contribution in [2.24, 2.45) is 0 Å². The highest BCUT2D eigenvalue weighted by Gasteiger charge is 2.30. The second-order valence-corrected chi connectivity index (χ2v) is 3.46. The zero-order chi connectivity index (χ0) is 11.7. The molecule has 1 aliphatic rings. The number of ether oxygens (including phenoxy) is 2. The largest absolute Gasteiger partial charge is 0.478 e. The summed E-state index contributed by atoms with van der Waals surface area (Å²) in [4.78, 5) is 22.0. The number of benzene rings is 1. The summed E-state index contributed by atoms with van der Waals surface area (Å²) in [5.41, 5.74) is 0.906. The molecule has 1 aliphatic heterocycles. The molecule has 1 heterocycles. The van der Waals surface area contributed by atoms with E-state index in [2.05, 4.69) is 4.74 Å². The normalized spacial score (nSPS) is 17.4. The van der Waals surface area contributed by atoms with Gasteiger partial charge in [-0.3, -0.25) is 0 Å². The van der Waals surface area contributed by atoms with Gasteiger partial charge in [0, 0.05) is 6.42 Å². The van der Waals surface area contributed by atoms with Crippen molar-refractivity contribution in [2.75, 3.05) is 7.11 Å². The highest BCUT2D eigenvalue weighted by atomic mass is 16.6. The predicted octanol–water partition coefficient (Wildman–Crippen LogP) is 0.861. The minimum absolute atomic E-state index is 0.188. The second kappa shape index (κ2) is 3.84. The third kappa shape index (κ3) is 1.71. The summed E-state index contributed by atoms with van der Waals surface area (Å²) in [7, 11) is 1.29. The maximum atomic E-state index is 11.2. The van der Waals surface area contributed by atoms with Crippen molar-refractivity contribution in [1.82, 2.24) is 0 Å². The quantitative estimate of drug-likeness (QED) is 0.751. The van der Waals surface area contributed by atoms with Crippen LogP contribution in [0.5, 0.6) is 5.75 Å². The molecule has 5 heteroatoms. The molecule has 1 unspecified atom stereocenters. The molecule has 5 nitrogen and oxygen atoms in total. The van der Waals surface area contributed by atoms with Gasteiger partial charge < -0.3 is 14.6 Å². The van der Waals surface area contributed by atoms with Crippen LogP contribution in [0.2, 0.25) is 0 Å². The number of methoxy groups -OCH3 is 1. The van der Waals surface area contributed by atoms with E-state index in [0.29, 0.717) is 12.2 Å². The molecule has 0 fully saturated rings. The molecule has 0 saturated carbocycles. The Morgan fingerprint density at radius 2 is 2.25 bits per heavy atom. The second-order valence-electron chi connectivity index (χ2n) is 3.46. The molecule has 0 amide bonds. The van der Waals surface area contributed by atoms with Crippen LogP contribution < -0.4 is 4.74 Å². The standard InChI is InChI=1S/C11H10O5/c1-15-11(14)9-5-7-4-6(10(12)13)2-3-8(7)16-9/h2-4,9H,5H2,1H3,(H,12,13). The number of carbonyl (C=O) groups excluding carboxylic acids is 1. The van der Waals surface area contributed by atoms with Crippen LogP contribution >= 0.6 is 0 Å². The van der Waals surface area contributed by atoms with E-state index in [1.165, 1.54) is 19.2 Å². The molecule has 0 aliphatic carbocycles. The number of carboxylic acid groups (broad SMARTS) is 1. The Morgan fingerprint density at radius 3 is 2.88 bits per heavy atom. The number of esters is 1. The van der Waals surface area contributed by atoms with Crippen LogP contribution in [0.15, 0.2) is 18.2 Å². The van der Waals surface area contributed by atoms with Gasteiger partial charge in [-0.1, -0.05) is 0 Å². The van der Waals surface area contributed by atoms with E-state index in [9.17, 15) is 9.59 Å². The fraction of sp³-hybridized carbons (Fsp3) is 0.273. The lowest BCUT2D eigenvalue weighted by molar-refractivity contribution is -0.147. The first-order valence-corrected chi connectivity index (χ1v) is 4.72. The number of hydrogen-bond donors (Lipinski definition) is 1. The molecule has 0 radical (unpaired) electrons. The first-order valence-electron chi connectivity index (χ1n) is 4.72. The Balaban J connectivity index is 2.24. The average Bonchev–Trinajstić information content (AvgIpc) is 2.70. The van der Waals surface area contributed by atoms with E-state index in [0.717, 1.165) is 5.56 Å². The molecule has 0 bridgehead atoms. The van der Waals surface area contributed by atoms with Gasteiger partial charge in [-0.25, -0.2) is 9.59 Å². The molecule has 1 N–H and O–H groups in total. The molecule has 0 spiro atoms. The Kier molecular flexibility index (Phi) is 2.52. The molecule has 16 heavy (non-hydrogen) atoms. The van der Waals surface area contributed by atoms with Crippen LogP contribution in [0.25, 0.3) is 0 Å². The Labute approximate surface area is 91.6 Å². The highest BCUT2D eigenvalue weighted by Crippen LogP contribution is 2.30. The van der Waals surface area contributed by atoms with E-state index < -0.39 is 18.0 Å². The van der Waals surface area contributed by atoms with Gasteiger partial charge in [0.2, 0.25) is 0 Å². The van der Waals surface area contributed by atoms with E-state index >= 15 is 0 Å². The summed E-state index contributed by atoms with van der Waals surface area (Å²) in [6.07, 6.45) is -0.313. The summed E-state index contributed by atoms with van der Waals surface area (Å²) in [6, 6.07) is 4.52. The van der Waals surface area contributed by atoms with Gasteiger partial charge in [0.1, 0.15) is 5.75 Å². The smallest absolute Gasteiger partial charge is 0.347 e. The van der Waals surface area contributed by atoms with Crippen molar-refractivity contribution >= 4 is 11.9 Å². The topological polar surface area (TPSA) is 72.8 Å². The number of fused-ring (bicyclic) bond motifs is 1. The summed E-state index contributed by atoms with van der Waals surface area (Å²) in [6.45, 7) is 0. The summed E-state index contributed by atoms with van der Waals surface area (Å²) < 4.78 is 9.89. The lowest BCUT2D eigenvalue weighted by Crippen LogP contribution is -2.26. The molecule has 1 aromatic rings. The molecular formula is C11H10O5. The molecule has 84 valence electrons. The molecule has 1 atom stereocenters. The third-order valence-corrected chi connectivity index (χ3v) is 2.45. The van der Waals surface area contributed by atoms with Crippen molar-refractivity contribution < 1.29 is 24.2 Å². The highest BCUT2D eigenvalue weighted by molar-refractivity contribution is 5.88. The van der Waals surface area contributed by atoms with Crippen LogP contribution in [0.3, 0.4) is 0 Å². The maximum absolute atomic E-state index is 11.2. The summed E-state index contributed by atoms with van der Waals surface area (Å²) >= 11 is 0. The minimum atomic E-state index is -0.996. The maximum Gasteiger partial charge on any atom is 0.347 e. The fourth-order valence-electron chi connectivity index (χ4n) is 1.64. The Bertz CT molecular complexity index is 452. The van der Waals surface area contributed by atoms with Gasteiger partial charge in [0.25, 0.3) is 0 Å². The lowest BCUT2D eigenvalue weighted by atomic mass is 10.1. The van der Waals surface area contributed by atoms with Crippen LogP contribution in [0.4, 0.5) is 0 Å². The summed E-state index contributed by atoms with van der Waals surface area (Å²) in [5, 5.41) is 8.80. The zero-order valence-corrected chi connectivity index (χ0v) is 8.60. The molecule has 0 aromatic heterocycles. The van der Waals surface area contributed by atoms with Crippen molar-refractivity contribution in [3.05, 3.63) is 29.3 Å². The van der Waals surface area contributed by atoms with Crippen molar-refractivity contribution in [2.45, 2.75) is 12.5 Å². The average molecular weight is 222 g/mol. The van der Waals surface area contributed by atoms with Gasteiger partial charge in [0.15, 0.2) is 6.10 Å². The van der Waals surface area contributed by atoms with Crippen molar-refractivity contribution in [3.8, 4) is 5.75 Å². The van der Waals surface area contributed by atoms with Gasteiger partial charge in [0.05, 0.1) is 12.7 Å². The van der Waals surface area contributed by atoms with Crippen LogP contribution in [-0.2, 0) is 16.0 Å². The van der Waals surface area contributed by atoms with Crippen LogP contribution in [-0.4, -0.2) is 30.3 Å².